The molecule has 4 aromatic carbocycles. The van der Waals surface area contributed by atoms with Crippen LogP contribution in [-0.4, -0.2) is 76.6 Å². The van der Waals surface area contributed by atoms with Crippen molar-refractivity contribution in [3.63, 3.8) is 0 Å². The van der Waals surface area contributed by atoms with Gasteiger partial charge in [-0.15, -0.1) is 17.3 Å². The van der Waals surface area contributed by atoms with Crippen LogP contribution < -0.4 is 21.3 Å². The van der Waals surface area contributed by atoms with E-state index in [0.717, 1.165) is 43.8 Å². The van der Waals surface area contributed by atoms with Crippen LogP contribution in [0.15, 0.2) is 109 Å². The molecule has 0 fully saturated rings. The van der Waals surface area contributed by atoms with E-state index in [-0.39, 0.29) is 61.9 Å². The molecule has 70 heavy (non-hydrogen) atoms. The van der Waals surface area contributed by atoms with Crippen molar-refractivity contribution in [1.82, 2.24) is 19.5 Å². The van der Waals surface area contributed by atoms with Crippen LogP contribution in [0.3, 0.4) is 0 Å². The van der Waals surface area contributed by atoms with Crippen LogP contribution in [-0.2, 0) is 49.9 Å². The lowest BCUT2D eigenvalue weighted by Crippen LogP contribution is -2.45. The summed E-state index contributed by atoms with van der Waals surface area (Å²) in [5.74, 6) is -0.349. The summed E-state index contributed by atoms with van der Waals surface area (Å²) in [5, 5.41) is 23.9. The lowest BCUT2D eigenvalue weighted by Gasteiger charge is -2.28. The Morgan fingerprint density at radius 3 is 1.36 bits per heavy atom. The van der Waals surface area contributed by atoms with Crippen LogP contribution in [0.5, 0.6) is 0 Å². The number of rotatable bonds is 11. The van der Waals surface area contributed by atoms with Crippen LogP contribution in [0, 0.1) is 0 Å². The standard InChI is InChI=1S/C33H42N4O8.C18H18N4O2.ClH/c1-31(2,3)43-28(40)36-25(19-34-27(36)37(29(41)44-32(4,5)6)30(42)45-33(7,8)9)23-14-16-24(17-15-23)35-26(39)18-21-10-12-22(20-38)13-11-21;19-18-20-10-16(22-18)14-5-7-15(8-6-14)21-17(24)9-12-1-3-13(11-23)4-2-12;/h10-17,19,38H,18,20H2,1-9H3,(H,35,39);1-8,10,23H,9,11H2,(H,21,24)(H3,19,20,22);1H. The number of halogens is 1. The molecule has 0 aliphatic heterocycles. The molecule has 6 rings (SSSR count). The van der Waals surface area contributed by atoms with E-state index in [4.69, 9.17) is 25.1 Å². The van der Waals surface area contributed by atoms with E-state index in [9.17, 15) is 29.1 Å². The number of aromatic nitrogens is 4. The molecule has 2 heterocycles. The third kappa shape index (κ3) is 16.6. The van der Waals surface area contributed by atoms with Gasteiger partial charge in [0.1, 0.15) is 16.8 Å². The number of imidazole rings is 2. The number of hydrogen-bond donors (Lipinski definition) is 6. The summed E-state index contributed by atoms with van der Waals surface area (Å²) >= 11 is 0. The second-order valence-electron chi connectivity index (χ2n) is 18.8. The number of nitrogens with zero attached hydrogens (tertiary/aromatic N) is 4. The number of amides is 4. The Hall–Kier alpha value is -7.54. The van der Waals surface area contributed by atoms with Gasteiger partial charge >= 0.3 is 18.3 Å². The zero-order chi connectivity index (χ0) is 50.7. The number of aliphatic hydroxyl groups excluding tert-OH is 2. The smallest absolute Gasteiger partial charge is 0.427 e. The van der Waals surface area contributed by atoms with Gasteiger partial charge in [0.2, 0.25) is 17.8 Å². The number of H-pyrrole nitrogens is 1. The second kappa shape index (κ2) is 23.7. The Kier molecular flexibility index (Phi) is 18.6. The monoisotopic (exact) mass is 980 g/mol. The average Bonchev–Trinajstić information content (AvgIpc) is 3.90. The van der Waals surface area contributed by atoms with Gasteiger partial charge in [-0.3, -0.25) is 9.59 Å². The molecule has 18 nitrogen and oxygen atoms in total. The molecule has 6 aromatic rings. The molecular weight excluding hydrogens is 920 g/mol. The number of nitrogen functional groups attached to an aromatic ring is 1. The number of nitrogens with one attached hydrogen (secondary N) is 3. The number of carbonyl (C=O) groups excluding carboxylic acids is 5. The minimum atomic E-state index is -1.09. The zero-order valence-electron chi connectivity index (χ0n) is 40.7. The summed E-state index contributed by atoms with van der Waals surface area (Å²) in [6, 6.07) is 28.4. The topological polar surface area (TPSA) is 253 Å². The Labute approximate surface area is 413 Å². The molecule has 0 saturated carbocycles. The normalized spacial score (nSPS) is 11.2. The number of nitrogens with two attached hydrogens (primary N) is 1. The fourth-order valence-electron chi connectivity index (χ4n) is 6.29. The molecule has 19 heteroatoms. The van der Waals surface area contributed by atoms with Crippen molar-refractivity contribution in [2.75, 3.05) is 21.3 Å². The van der Waals surface area contributed by atoms with Gasteiger partial charge in [-0.25, -0.2) is 28.9 Å². The molecule has 0 saturated heterocycles. The van der Waals surface area contributed by atoms with Crippen LogP contribution in [0.2, 0.25) is 0 Å². The van der Waals surface area contributed by atoms with Gasteiger partial charge < -0.3 is 45.8 Å². The van der Waals surface area contributed by atoms with Crippen LogP contribution in [0.4, 0.5) is 37.7 Å². The van der Waals surface area contributed by atoms with E-state index in [1.165, 1.54) is 6.20 Å². The largest absolute Gasteiger partial charge is 0.443 e. The van der Waals surface area contributed by atoms with Gasteiger partial charge in [-0.2, -0.15) is 0 Å². The zero-order valence-corrected chi connectivity index (χ0v) is 41.5. The Bertz CT molecular complexity index is 2690. The van der Waals surface area contributed by atoms with Crippen molar-refractivity contribution < 1.29 is 48.4 Å². The van der Waals surface area contributed by atoms with Gasteiger partial charge in [0.05, 0.1) is 49.8 Å². The van der Waals surface area contributed by atoms with Crippen LogP contribution >= 0.6 is 12.4 Å². The van der Waals surface area contributed by atoms with Crippen molar-refractivity contribution in [3.05, 3.63) is 132 Å². The highest BCUT2D eigenvalue weighted by atomic mass is 35.5. The van der Waals surface area contributed by atoms with Gasteiger partial charge in [-0.1, -0.05) is 72.8 Å². The summed E-state index contributed by atoms with van der Waals surface area (Å²) in [4.78, 5) is 76.8. The first-order valence-corrected chi connectivity index (χ1v) is 22.0. The maximum atomic E-state index is 13.6. The number of aromatic amines is 1. The summed E-state index contributed by atoms with van der Waals surface area (Å²) in [6.45, 7) is 14.8. The van der Waals surface area contributed by atoms with Gasteiger partial charge in [-0.05, 0) is 114 Å². The van der Waals surface area contributed by atoms with Crippen molar-refractivity contribution >= 4 is 65.8 Å². The number of carbonyl (C=O) groups is 5. The number of imide groups is 1. The van der Waals surface area contributed by atoms with Crippen LogP contribution in [0.25, 0.3) is 22.5 Å². The molecule has 0 aliphatic carbocycles. The maximum Gasteiger partial charge on any atom is 0.427 e. The molecule has 0 radical (unpaired) electrons. The molecule has 0 bridgehead atoms. The highest BCUT2D eigenvalue weighted by molar-refractivity contribution is 6.09. The Morgan fingerprint density at radius 2 is 0.986 bits per heavy atom. The predicted molar refractivity (Wildman–Crippen MR) is 269 cm³/mol. The molecule has 0 unspecified atom stereocenters. The van der Waals surface area contributed by atoms with E-state index in [1.807, 2.05) is 48.5 Å². The number of hydrogen-bond acceptors (Lipinski definition) is 13. The highest BCUT2D eigenvalue weighted by Crippen LogP contribution is 2.30. The van der Waals surface area contributed by atoms with Gasteiger partial charge in [0.15, 0.2) is 5.95 Å². The van der Waals surface area contributed by atoms with E-state index in [0.29, 0.717) is 22.1 Å². The molecule has 0 aliphatic rings. The average molecular weight is 982 g/mol. The second-order valence-corrected chi connectivity index (χ2v) is 18.8. The SMILES string of the molecule is CC(C)(C)OC(=O)N(C(=O)OC(C)(C)C)c1ncc(-c2ccc(NC(=O)Cc3ccc(CO)cc3)cc2)n1C(=O)OC(C)(C)C.Cl.Nc1ncc(-c2ccc(NC(=O)Cc3ccc(CO)cc3)cc2)[nH]1. The lowest BCUT2D eigenvalue weighted by molar-refractivity contribution is -0.116. The third-order valence-corrected chi connectivity index (χ3v) is 9.35. The number of aliphatic hydroxyl groups is 2. The fourth-order valence-corrected chi connectivity index (χ4v) is 6.29. The highest BCUT2D eigenvalue weighted by Gasteiger charge is 2.38. The number of anilines is 4. The molecule has 0 atom stereocenters. The first-order chi connectivity index (χ1) is 32.4. The van der Waals surface area contributed by atoms with Crippen molar-refractivity contribution in [1.29, 1.82) is 0 Å². The molecular formula is C51H61ClN8O10. The van der Waals surface area contributed by atoms with Crippen LogP contribution in [0.1, 0.15) is 84.6 Å². The minimum absolute atomic E-state index is 0. The van der Waals surface area contributed by atoms with E-state index >= 15 is 0 Å². The Morgan fingerprint density at radius 1 is 0.586 bits per heavy atom. The van der Waals surface area contributed by atoms with E-state index in [2.05, 4.69) is 25.6 Å². The maximum absolute atomic E-state index is 13.6. The van der Waals surface area contributed by atoms with Crippen molar-refractivity contribution in [3.8, 4) is 22.5 Å². The first kappa shape index (κ1) is 55.1. The van der Waals surface area contributed by atoms with Gasteiger partial charge in [0, 0.05) is 16.9 Å². The molecule has 372 valence electrons. The third-order valence-electron chi connectivity index (χ3n) is 9.35. The predicted octanol–water partition coefficient (Wildman–Crippen LogP) is 9.44. The molecule has 2 aromatic heterocycles. The van der Waals surface area contributed by atoms with E-state index < -0.39 is 35.1 Å². The van der Waals surface area contributed by atoms with Crippen molar-refractivity contribution in [2.45, 2.75) is 105 Å². The van der Waals surface area contributed by atoms with Crippen molar-refractivity contribution in [2.24, 2.45) is 0 Å². The molecule has 0 spiro atoms. The summed E-state index contributed by atoms with van der Waals surface area (Å²) in [7, 11) is 0. The first-order valence-electron chi connectivity index (χ1n) is 22.0. The number of ether oxygens (including phenoxy) is 3. The van der Waals surface area contributed by atoms with Gasteiger partial charge in [0.25, 0.3) is 0 Å². The number of benzene rings is 4. The Balaban J connectivity index is 0.000000357. The fraction of sp³-hybridized carbons (Fsp3) is 0.314. The quantitative estimate of drug-likeness (QED) is 0.0663. The molecule has 7 N–H and O–H groups in total. The summed E-state index contributed by atoms with van der Waals surface area (Å²) < 4.78 is 17.6. The lowest BCUT2D eigenvalue weighted by atomic mass is 10.1. The minimum Gasteiger partial charge on any atom is -0.443 e. The summed E-state index contributed by atoms with van der Waals surface area (Å²) in [6.07, 6.45) is 0.318. The summed E-state index contributed by atoms with van der Waals surface area (Å²) in [5.41, 5.74) is 9.63. The van der Waals surface area contributed by atoms with E-state index in [1.54, 1.807) is 117 Å². The molecule has 4 amide bonds.